The number of nitroso groups, excluding NO2 is 1. The molecule has 1 aliphatic heterocycles. The van der Waals surface area contributed by atoms with Crippen LogP contribution in [0.15, 0.2) is 23.3 Å². The van der Waals surface area contributed by atoms with Crippen LogP contribution in [-0.4, -0.2) is 50.4 Å². The predicted octanol–water partition coefficient (Wildman–Crippen LogP) is 0.423. The standard InChI is InChI=1S/C14H17BN2O7S/c1-25(22,23)7-3-6-12(18)16-11-8-9-4-2-5-10(14(19)20)13(9)24-15(11)17-21/h2,4-5,11H,3,6-8H2,1H3,(H,16,18)(H,19,20)/t11-/m0/s1. The Labute approximate surface area is 144 Å². The predicted molar refractivity (Wildman–Crippen MR) is 90.2 cm³/mol. The first-order chi connectivity index (χ1) is 11.7. The molecule has 0 spiro atoms. The fraction of sp³-hybridized carbons (Fsp3) is 0.429. The molecule has 0 saturated carbocycles. The second-order valence-corrected chi connectivity index (χ2v) is 8.08. The molecule has 1 amide bonds. The zero-order valence-electron chi connectivity index (χ0n) is 13.5. The molecule has 1 aromatic rings. The monoisotopic (exact) mass is 368 g/mol. The van der Waals surface area contributed by atoms with Gasteiger partial charge in [-0.25, -0.2) is 13.2 Å². The molecule has 0 unspecified atom stereocenters. The van der Waals surface area contributed by atoms with Gasteiger partial charge in [0.05, 0.1) is 17.3 Å². The lowest BCUT2D eigenvalue weighted by Crippen LogP contribution is -2.52. The molecule has 2 N–H and O–H groups in total. The van der Waals surface area contributed by atoms with Crippen molar-refractivity contribution in [1.29, 1.82) is 0 Å². The minimum Gasteiger partial charge on any atom is -0.536 e. The van der Waals surface area contributed by atoms with Gasteiger partial charge >= 0.3 is 13.0 Å². The summed E-state index contributed by atoms with van der Waals surface area (Å²) in [5, 5.41) is 14.6. The van der Waals surface area contributed by atoms with Crippen molar-refractivity contribution in [3.8, 4) is 5.75 Å². The van der Waals surface area contributed by atoms with Gasteiger partial charge in [0.1, 0.15) is 15.6 Å². The third-order valence-corrected chi connectivity index (χ3v) is 4.75. The van der Waals surface area contributed by atoms with Crippen molar-refractivity contribution < 1.29 is 27.8 Å². The molecular formula is C14H17BN2O7S. The van der Waals surface area contributed by atoms with Gasteiger partial charge in [0.25, 0.3) is 0 Å². The van der Waals surface area contributed by atoms with Gasteiger partial charge in [0, 0.05) is 12.7 Å². The zero-order valence-corrected chi connectivity index (χ0v) is 14.3. The first-order valence-electron chi connectivity index (χ1n) is 7.52. The summed E-state index contributed by atoms with van der Waals surface area (Å²) in [4.78, 5) is 34.2. The molecule has 2 rings (SSSR count). The molecule has 1 aromatic carbocycles. The van der Waals surface area contributed by atoms with Crippen molar-refractivity contribution in [2.24, 2.45) is 5.09 Å². The fourth-order valence-electron chi connectivity index (χ4n) is 2.58. The summed E-state index contributed by atoms with van der Waals surface area (Å²) in [6, 6.07) is 4.55. The van der Waals surface area contributed by atoms with E-state index in [1.165, 1.54) is 6.07 Å². The van der Waals surface area contributed by atoms with E-state index in [2.05, 4.69) is 10.4 Å². The highest BCUT2D eigenvalue weighted by Gasteiger charge is 2.40. The van der Waals surface area contributed by atoms with Crippen molar-refractivity contribution in [1.82, 2.24) is 5.32 Å². The van der Waals surface area contributed by atoms with Crippen LogP contribution in [0.1, 0.15) is 28.8 Å². The number of fused-ring (bicyclic) bond motifs is 1. The number of carboxylic acids is 1. The van der Waals surface area contributed by atoms with E-state index in [0.29, 0.717) is 5.56 Å². The molecule has 0 fully saturated rings. The van der Waals surface area contributed by atoms with Crippen molar-refractivity contribution in [3.05, 3.63) is 34.2 Å². The first kappa shape index (κ1) is 18.9. The van der Waals surface area contributed by atoms with Gasteiger partial charge in [-0.3, -0.25) is 4.79 Å². The van der Waals surface area contributed by atoms with Gasteiger partial charge in [0.2, 0.25) is 5.91 Å². The second kappa shape index (κ2) is 7.64. The van der Waals surface area contributed by atoms with Gasteiger partial charge in [-0.1, -0.05) is 17.2 Å². The summed E-state index contributed by atoms with van der Waals surface area (Å²) in [5.74, 6) is -2.41. The quantitative estimate of drug-likeness (QED) is 0.525. The lowest BCUT2D eigenvalue weighted by atomic mass is 9.68. The van der Waals surface area contributed by atoms with Gasteiger partial charge in [0.15, 0.2) is 0 Å². The van der Waals surface area contributed by atoms with Gasteiger partial charge in [-0.05, 0) is 24.5 Å². The van der Waals surface area contributed by atoms with Crippen LogP contribution in [0.2, 0.25) is 0 Å². The molecule has 25 heavy (non-hydrogen) atoms. The Morgan fingerprint density at radius 3 is 2.76 bits per heavy atom. The van der Waals surface area contributed by atoms with Crippen LogP contribution < -0.4 is 9.97 Å². The molecular weight excluding hydrogens is 351 g/mol. The van der Waals surface area contributed by atoms with E-state index in [4.69, 9.17) is 9.76 Å². The van der Waals surface area contributed by atoms with E-state index in [9.17, 15) is 22.9 Å². The van der Waals surface area contributed by atoms with Crippen molar-refractivity contribution in [2.45, 2.75) is 25.2 Å². The van der Waals surface area contributed by atoms with E-state index in [-0.39, 0.29) is 36.3 Å². The maximum Gasteiger partial charge on any atom is 0.570 e. The number of para-hydroxylation sites is 1. The number of rotatable bonds is 7. The number of nitrogens with one attached hydrogen (secondary N) is 1. The van der Waals surface area contributed by atoms with Crippen LogP contribution in [0.3, 0.4) is 0 Å². The minimum atomic E-state index is -3.15. The molecule has 0 bridgehead atoms. The topological polar surface area (TPSA) is 139 Å². The largest absolute Gasteiger partial charge is 0.570 e. The average Bonchev–Trinajstić information content (AvgIpc) is 2.52. The highest BCUT2D eigenvalue weighted by atomic mass is 32.2. The zero-order chi connectivity index (χ0) is 18.6. The maximum atomic E-state index is 11.9. The summed E-state index contributed by atoms with van der Waals surface area (Å²) in [7, 11) is -4.41. The summed E-state index contributed by atoms with van der Waals surface area (Å²) in [6.07, 6.45) is 1.42. The number of carbonyl (C=O) groups is 2. The Kier molecular flexibility index (Phi) is 5.78. The molecule has 0 aliphatic carbocycles. The van der Waals surface area contributed by atoms with Crippen molar-refractivity contribution in [3.63, 3.8) is 0 Å². The number of carboxylic acid groups (broad SMARTS) is 1. The Morgan fingerprint density at radius 1 is 1.44 bits per heavy atom. The minimum absolute atomic E-state index is 0.0167. The van der Waals surface area contributed by atoms with Crippen LogP contribution in [0, 0.1) is 4.91 Å². The lowest BCUT2D eigenvalue weighted by molar-refractivity contribution is -0.121. The van der Waals surface area contributed by atoms with E-state index < -0.39 is 34.7 Å². The number of aromatic carboxylic acids is 1. The van der Waals surface area contributed by atoms with Gasteiger partial charge in [-0.2, -0.15) is 4.91 Å². The lowest BCUT2D eigenvalue weighted by Gasteiger charge is -2.28. The number of benzene rings is 1. The highest BCUT2D eigenvalue weighted by Crippen LogP contribution is 2.30. The molecule has 0 radical (unpaired) electrons. The third-order valence-electron chi connectivity index (χ3n) is 3.72. The van der Waals surface area contributed by atoms with Crippen molar-refractivity contribution in [2.75, 3.05) is 12.0 Å². The van der Waals surface area contributed by atoms with Gasteiger partial charge in [-0.15, -0.1) is 0 Å². The van der Waals surface area contributed by atoms with Crippen LogP contribution in [0.4, 0.5) is 0 Å². The molecule has 134 valence electrons. The Bertz CT molecular complexity index is 796. The smallest absolute Gasteiger partial charge is 0.536 e. The first-order valence-corrected chi connectivity index (χ1v) is 9.58. The van der Waals surface area contributed by atoms with E-state index in [1.54, 1.807) is 12.1 Å². The highest BCUT2D eigenvalue weighted by molar-refractivity contribution is 7.90. The van der Waals surface area contributed by atoms with Crippen LogP contribution >= 0.6 is 0 Å². The SMILES string of the molecule is CS(=O)(=O)CCCC(=O)N[C@H]1Cc2cccc(C(=O)O)c2OB1N=O. The second-order valence-electron chi connectivity index (χ2n) is 5.82. The number of hydrogen-bond donors (Lipinski definition) is 2. The van der Waals surface area contributed by atoms with E-state index >= 15 is 0 Å². The van der Waals surface area contributed by atoms with Crippen LogP contribution in [0.25, 0.3) is 0 Å². The summed E-state index contributed by atoms with van der Waals surface area (Å²) < 4.78 is 27.5. The van der Waals surface area contributed by atoms with E-state index in [1.807, 2.05) is 0 Å². The Morgan fingerprint density at radius 2 is 2.16 bits per heavy atom. The van der Waals surface area contributed by atoms with E-state index in [0.717, 1.165) is 6.26 Å². The van der Waals surface area contributed by atoms with Crippen LogP contribution in [-0.2, 0) is 21.1 Å². The third kappa shape index (κ3) is 5.02. The molecule has 1 atom stereocenters. The molecule has 1 aliphatic rings. The normalized spacial score (nSPS) is 16.5. The number of hydrogen-bond acceptors (Lipinski definition) is 7. The maximum absolute atomic E-state index is 11.9. The molecule has 0 aromatic heterocycles. The van der Waals surface area contributed by atoms with Crippen LogP contribution in [0.5, 0.6) is 5.75 Å². The summed E-state index contributed by atoms with van der Waals surface area (Å²) in [6.45, 7) is 0. The van der Waals surface area contributed by atoms with Crippen molar-refractivity contribution >= 4 is 28.8 Å². The molecule has 11 heteroatoms. The Balaban J connectivity index is 2.07. The fourth-order valence-corrected chi connectivity index (χ4v) is 3.25. The Hall–Kier alpha value is -2.43. The number of nitrogens with zero attached hydrogens (tertiary/aromatic N) is 1. The molecule has 1 heterocycles. The van der Waals surface area contributed by atoms with Gasteiger partial charge < -0.3 is 15.1 Å². The molecule has 9 nitrogen and oxygen atoms in total. The number of amides is 1. The number of carbonyl (C=O) groups excluding carboxylic acids is 1. The summed E-state index contributed by atoms with van der Waals surface area (Å²) in [5.41, 5.74) is 0.463. The average molecular weight is 368 g/mol. The number of sulfone groups is 1. The molecule has 0 saturated heterocycles. The summed E-state index contributed by atoms with van der Waals surface area (Å²) >= 11 is 0.